The van der Waals surface area contributed by atoms with Crippen molar-refractivity contribution in [2.24, 2.45) is 0 Å². The van der Waals surface area contributed by atoms with Crippen LogP contribution in [0.2, 0.25) is 0 Å². The second-order valence-corrected chi connectivity index (χ2v) is 2.73. The van der Waals surface area contributed by atoms with E-state index in [0.29, 0.717) is 6.42 Å². The Morgan fingerprint density at radius 1 is 1.53 bits per heavy atom. The molecule has 0 unspecified atom stereocenters. The van der Waals surface area contributed by atoms with E-state index in [1.54, 1.807) is 13.0 Å². The Morgan fingerprint density at radius 2 is 2.13 bits per heavy atom. The van der Waals surface area contributed by atoms with Crippen LogP contribution in [0.5, 0.6) is 0 Å². The van der Waals surface area contributed by atoms with Crippen LogP contribution in [0.25, 0.3) is 0 Å². The Balaban J connectivity index is 4.88. The van der Waals surface area contributed by atoms with Gasteiger partial charge in [-0.1, -0.05) is 6.92 Å². The summed E-state index contributed by atoms with van der Waals surface area (Å²) in [6.45, 7) is 2.98. The van der Waals surface area contributed by atoms with Crippen LogP contribution in [-0.2, 0) is 19.1 Å². The lowest BCUT2D eigenvalue weighted by molar-refractivity contribution is -0.147. The molecule has 0 saturated heterocycles. The quantitative estimate of drug-likeness (QED) is 0.393. The Labute approximate surface area is 88.3 Å². The number of hydrogen-bond acceptors (Lipinski definition) is 5. The molecule has 0 radical (unpaired) electrons. The first-order valence-electron chi connectivity index (χ1n) is 4.42. The number of carbonyl (C=O) groups excluding carboxylic acids is 2. The summed E-state index contributed by atoms with van der Waals surface area (Å²) in [6, 6.07) is 1.72. The fourth-order valence-electron chi connectivity index (χ4n) is 1.04. The third-order valence-corrected chi connectivity index (χ3v) is 1.67. The molecule has 1 atom stereocenters. The average molecular weight is 211 g/mol. The number of hydrogen-bond donors (Lipinski definition) is 0. The molecule has 0 aromatic heterocycles. The van der Waals surface area contributed by atoms with Crippen LogP contribution in [0.1, 0.15) is 20.3 Å². The third-order valence-electron chi connectivity index (χ3n) is 1.67. The first-order valence-corrected chi connectivity index (χ1v) is 4.42. The van der Waals surface area contributed by atoms with Crippen molar-refractivity contribution in [2.45, 2.75) is 26.4 Å². The van der Waals surface area contributed by atoms with Gasteiger partial charge in [-0.25, -0.2) is 4.79 Å². The minimum Gasteiger partial charge on any atom is -0.466 e. The van der Waals surface area contributed by atoms with Crippen LogP contribution >= 0.6 is 0 Å². The van der Waals surface area contributed by atoms with E-state index in [1.807, 2.05) is 0 Å². The van der Waals surface area contributed by atoms with E-state index in [-0.39, 0.29) is 5.57 Å². The van der Waals surface area contributed by atoms with Gasteiger partial charge < -0.3 is 9.47 Å². The summed E-state index contributed by atoms with van der Waals surface area (Å²) in [5.74, 6) is -1.17. The monoisotopic (exact) mass is 211 g/mol. The van der Waals surface area contributed by atoms with Crippen molar-refractivity contribution in [3.63, 3.8) is 0 Å². The molecule has 0 aromatic carbocycles. The maximum Gasteiger partial charge on any atom is 0.338 e. The summed E-state index contributed by atoms with van der Waals surface area (Å²) in [5, 5.41) is 8.48. The van der Waals surface area contributed by atoms with Crippen LogP contribution < -0.4 is 0 Å². The molecule has 0 N–H and O–H groups in total. The number of esters is 2. The van der Waals surface area contributed by atoms with Crippen molar-refractivity contribution < 1.29 is 19.1 Å². The summed E-state index contributed by atoms with van der Waals surface area (Å²) in [6.07, 6.45) is 0.708. The maximum absolute atomic E-state index is 11.3. The minimum atomic E-state index is -0.727. The maximum atomic E-state index is 11.3. The Kier molecular flexibility index (Phi) is 5.79. The number of nitriles is 1. The van der Waals surface area contributed by atoms with Gasteiger partial charge in [0.25, 0.3) is 0 Å². The molecule has 82 valence electrons. The highest BCUT2D eigenvalue weighted by Gasteiger charge is 2.22. The summed E-state index contributed by atoms with van der Waals surface area (Å²) in [7, 11) is 1.20. The minimum absolute atomic E-state index is 0.0534. The van der Waals surface area contributed by atoms with Gasteiger partial charge in [0.2, 0.25) is 0 Å². The van der Waals surface area contributed by atoms with E-state index in [9.17, 15) is 9.59 Å². The van der Waals surface area contributed by atoms with Crippen molar-refractivity contribution in [1.82, 2.24) is 0 Å². The number of methoxy groups -OCH3 is 1. The Bertz CT molecular complexity index is 314. The molecule has 0 saturated carbocycles. The van der Waals surface area contributed by atoms with Crippen LogP contribution in [0.3, 0.4) is 0 Å². The van der Waals surface area contributed by atoms with E-state index in [4.69, 9.17) is 10.00 Å². The van der Waals surface area contributed by atoms with Crippen molar-refractivity contribution >= 4 is 11.9 Å². The SMILES string of the molecule is CC[C@H](OC(C)=O)/C(=C/C#N)C(=O)OC. The van der Waals surface area contributed by atoms with Crippen molar-refractivity contribution in [2.75, 3.05) is 7.11 Å². The molecule has 0 amide bonds. The van der Waals surface area contributed by atoms with E-state index in [2.05, 4.69) is 4.74 Å². The van der Waals surface area contributed by atoms with Gasteiger partial charge in [0.15, 0.2) is 0 Å². The lowest BCUT2D eigenvalue weighted by atomic mass is 10.1. The number of allylic oxidation sites excluding steroid dienone is 1. The van der Waals surface area contributed by atoms with Gasteiger partial charge in [-0.15, -0.1) is 0 Å². The van der Waals surface area contributed by atoms with Crippen molar-refractivity contribution in [3.8, 4) is 6.07 Å². The highest BCUT2D eigenvalue weighted by Crippen LogP contribution is 2.12. The standard InChI is InChI=1S/C10H13NO4/c1-4-9(15-7(2)12)8(5-6-11)10(13)14-3/h5,9H,4H2,1-3H3/b8-5-/t9-/m0/s1. The van der Waals surface area contributed by atoms with E-state index < -0.39 is 18.0 Å². The smallest absolute Gasteiger partial charge is 0.338 e. The van der Waals surface area contributed by atoms with E-state index in [0.717, 1.165) is 6.08 Å². The molecule has 15 heavy (non-hydrogen) atoms. The number of carbonyl (C=O) groups is 2. The summed E-state index contributed by atoms with van der Waals surface area (Å²) in [4.78, 5) is 22.0. The van der Waals surface area contributed by atoms with Crippen LogP contribution in [0.4, 0.5) is 0 Å². The molecule has 0 aliphatic rings. The van der Waals surface area contributed by atoms with Crippen molar-refractivity contribution in [3.05, 3.63) is 11.6 Å². The molecule has 0 aliphatic carbocycles. The lowest BCUT2D eigenvalue weighted by Gasteiger charge is -2.15. The normalized spacial score (nSPS) is 12.5. The van der Waals surface area contributed by atoms with Gasteiger partial charge in [0, 0.05) is 13.0 Å². The Morgan fingerprint density at radius 3 is 2.47 bits per heavy atom. The van der Waals surface area contributed by atoms with Crippen molar-refractivity contribution in [1.29, 1.82) is 5.26 Å². The predicted molar refractivity (Wildman–Crippen MR) is 51.6 cm³/mol. The number of rotatable bonds is 4. The lowest BCUT2D eigenvalue weighted by Crippen LogP contribution is -2.24. The summed E-state index contributed by atoms with van der Waals surface area (Å²) in [5.41, 5.74) is 0.0534. The van der Waals surface area contributed by atoms with Crippen LogP contribution in [0, 0.1) is 11.3 Å². The van der Waals surface area contributed by atoms with Gasteiger partial charge in [-0.2, -0.15) is 5.26 Å². The van der Waals surface area contributed by atoms with Gasteiger partial charge in [-0.3, -0.25) is 4.79 Å². The molecule has 5 heteroatoms. The molecule has 0 rings (SSSR count). The second-order valence-electron chi connectivity index (χ2n) is 2.73. The Hall–Kier alpha value is -1.83. The van der Waals surface area contributed by atoms with Gasteiger partial charge in [-0.05, 0) is 6.42 Å². The van der Waals surface area contributed by atoms with E-state index in [1.165, 1.54) is 14.0 Å². The molecule has 0 bridgehead atoms. The van der Waals surface area contributed by atoms with E-state index >= 15 is 0 Å². The van der Waals surface area contributed by atoms with Gasteiger partial charge >= 0.3 is 11.9 Å². The molecule has 0 heterocycles. The molecule has 0 aliphatic heterocycles. The largest absolute Gasteiger partial charge is 0.466 e. The average Bonchev–Trinajstić information content (AvgIpc) is 2.21. The van der Waals surface area contributed by atoms with Gasteiger partial charge in [0.05, 0.1) is 18.8 Å². The zero-order chi connectivity index (χ0) is 11.8. The summed E-state index contributed by atoms with van der Waals surface area (Å²) >= 11 is 0. The zero-order valence-electron chi connectivity index (χ0n) is 8.94. The van der Waals surface area contributed by atoms with Crippen LogP contribution in [0.15, 0.2) is 11.6 Å². The van der Waals surface area contributed by atoms with Crippen LogP contribution in [-0.4, -0.2) is 25.2 Å². The first kappa shape index (κ1) is 13.2. The number of ether oxygens (including phenoxy) is 2. The zero-order valence-corrected chi connectivity index (χ0v) is 8.94. The highest BCUT2D eigenvalue weighted by atomic mass is 16.6. The summed E-state index contributed by atoms with van der Waals surface area (Å²) < 4.78 is 9.36. The highest BCUT2D eigenvalue weighted by molar-refractivity contribution is 5.90. The second kappa shape index (κ2) is 6.60. The molecular weight excluding hydrogens is 198 g/mol. The van der Waals surface area contributed by atoms with Gasteiger partial charge in [0.1, 0.15) is 6.10 Å². The fraction of sp³-hybridized carbons (Fsp3) is 0.500. The first-order chi connectivity index (χ1) is 7.06. The fourth-order valence-corrected chi connectivity index (χ4v) is 1.04. The third kappa shape index (κ3) is 4.27. The topological polar surface area (TPSA) is 76.4 Å². The number of nitrogens with zero attached hydrogens (tertiary/aromatic N) is 1. The molecule has 0 spiro atoms. The molecule has 5 nitrogen and oxygen atoms in total. The molecule has 0 aromatic rings. The predicted octanol–water partition coefficient (Wildman–Crippen LogP) is 0.951. The molecular formula is C10H13NO4. The molecule has 0 fully saturated rings.